The van der Waals surface area contributed by atoms with Crippen molar-refractivity contribution in [3.63, 3.8) is 0 Å². The number of halogens is 2. The lowest BCUT2D eigenvalue weighted by atomic mass is 10.3. The first kappa shape index (κ1) is 5.01. The smallest absolute Gasteiger partial charge is 0.148 e. The van der Waals surface area contributed by atoms with Gasteiger partial charge in [0, 0.05) is 0 Å². The second-order valence-electron chi connectivity index (χ2n) is 2.12. The normalized spacial score (nSPS) is 52.3. The van der Waals surface area contributed by atoms with E-state index in [-0.39, 0.29) is 0 Å². The van der Waals surface area contributed by atoms with Gasteiger partial charge in [-0.3, -0.25) is 0 Å². The quantitative estimate of drug-likeness (QED) is 0.439. The maximum Gasteiger partial charge on any atom is 0.148 e. The van der Waals surface area contributed by atoms with Crippen LogP contribution in [-0.4, -0.2) is 11.8 Å². The van der Waals surface area contributed by atoms with Crippen LogP contribution in [0.4, 0.5) is 8.78 Å². The van der Waals surface area contributed by atoms with Crippen LogP contribution in [0.3, 0.4) is 0 Å². The second kappa shape index (κ2) is 0.984. The average Bonchev–Trinajstić information content (AvgIpc) is 1.91. The Morgan fingerprint density at radius 1 is 1.71 bits per heavy atom. The van der Waals surface area contributed by atoms with E-state index in [0.717, 1.165) is 0 Å². The lowest BCUT2D eigenvalue weighted by Crippen LogP contribution is -1.94. The van der Waals surface area contributed by atoms with E-state index < -0.39 is 11.8 Å². The highest BCUT2D eigenvalue weighted by Gasteiger charge is 2.61. The fourth-order valence-electron chi connectivity index (χ4n) is 0.532. The summed E-state index contributed by atoms with van der Waals surface area (Å²) in [6.45, 7) is 2.75. The van der Waals surface area contributed by atoms with E-state index >= 15 is 0 Å². The van der Waals surface area contributed by atoms with Crippen LogP contribution in [0.5, 0.6) is 0 Å². The highest BCUT2D eigenvalue weighted by Crippen LogP contribution is 2.51. The van der Waals surface area contributed by atoms with Crippen molar-refractivity contribution in [2.45, 2.75) is 25.7 Å². The summed E-state index contributed by atoms with van der Waals surface area (Å²) in [7, 11) is 0. The largest absolute Gasteiger partial charge is 0.243 e. The first-order valence-corrected chi connectivity index (χ1v) is 2.23. The van der Waals surface area contributed by atoms with E-state index in [2.05, 4.69) is 0 Å². The van der Waals surface area contributed by atoms with Crippen LogP contribution in [0, 0.1) is 5.92 Å². The molecule has 1 rings (SSSR count). The lowest BCUT2D eigenvalue weighted by molar-refractivity contribution is 0.272. The van der Waals surface area contributed by atoms with Gasteiger partial charge in [0.1, 0.15) is 11.8 Å². The molecule has 1 aliphatic carbocycles. The molecular formula is C5H7F2. The van der Waals surface area contributed by atoms with Crippen molar-refractivity contribution in [1.29, 1.82) is 0 Å². The van der Waals surface area contributed by atoms with Gasteiger partial charge in [0.2, 0.25) is 0 Å². The minimum atomic E-state index is -1.58. The first-order chi connectivity index (χ1) is 3.07. The van der Waals surface area contributed by atoms with E-state index in [4.69, 9.17) is 0 Å². The Morgan fingerprint density at radius 3 is 1.86 bits per heavy atom. The zero-order valence-corrected chi connectivity index (χ0v) is 4.33. The molecule has 2 atom stereocenters. The molecular weight excluding hydrogens is 98.1 g/mol. The third kappa shape index (κ3) is 0.455. The fourth-order valence-corrected chi connectivity index (χ4v) is 0.532. The zero-order valence-electron chi connectivity index (χ0n) is 4.33. The van der Waals surface area contributed by atoms with Crippen molar-refractivity contribution in [2.75, 3.05) is 0 Å². The molecule has 1 saturated carbocycles. The molecule has 0 nitrogen and oxygen atoms in total. The van der Waals surface area contributed by atoms with Gasteiger partial charge in [0.25, 0.3) is 0 Å². The van der Waals surface area contributed by atoms with Gasteiger partial charge >= 0.3 is 0 Å². The zero-order chi connectivity index (χ0) is 5.65. The Kier molecular flexibility index (Phi) is 0.704. The molecule has 0 aliphatic heterocycles. The highest BCUT2D eigenvalue weighted by molar-refractivity contribution is 5.32. The summed E-state index contributed by atoms with van der Waals surface area (Å²) in [4.78, 5) is 0. The molecule has 0 heterocycles. The molecule has 0 saturated heterocycles. The predicted molar refractivity (Wildman–Crippen MR) is 23.3 cm³/mol. The van der Waals surface area contributed by atoms with Crippen molar-refractivity contribution in [3.8, 4) is 0 Å². The summed E-state index contributed by atoms with van der Waals surface area (Å²) in [5.41, 5.74) is -1.58. The molecule has 0 aromatic carbocycles. The van der Waals surface area contributed by atoms with Gasteiger partial charge in [-0.2, -0.15) is 0 Å². The van der Waals surface area contributed by atoms with Crippen molar-refractivity contribution in [3.05, 3.63) is 5.92 Å². The summed E-state index contributed by atoms with van der Waals surface area (Å²) in [5.74, 6) is 0.326. The summed E-state index contributed by atoms with van der Waals surface area (Å²) in [6, 6.07) is 0. The summed E-state index contributed by atoms with van der Waals surface area (Å²) in [6.07, 6.45) is -1.28. The molecule has 1 aliphatic rings. The second-order valence-corrected chi connectivity index (χ2v) is 2.12. The third-order valence-corrected chi connectivity index (χ3v) is 1.54. The maximum atomic E-state index is 12.2. The van der Waals surface area contributed by atoms with Crippen LogP contribution in [0.2, 0.25) is 0 Å². The average molecular weight is 105 g/mol. The number of rotatable bonds is 0. The number of alkyl halides is 2. The van der Waals surface area contributed by atoms with E-state index in [1.54, 1.807) is 0 Å². The Hall–Kier alpha value is -0.140. The Labute approximate surface area is 41.5 Å². The minimum absolute atomic E-state index is 0.326. The molecule has 0 amide bonds. The minimum Gasteiger partial charge on any atom is -0.243 e. The van der Waals surface area contributed by atoms with Gasteiger partial charge in [-0.15, -0.1) is 0 Å². The lowest BCUT2D eigenvalue weighted by Gasteiger charge is -1.86. The Balaban J connectivity index is 2.52. The molecule has 0 aromatic rings. The Morgan fingerprint density at radius 2 is 1.86 bits per heavy atom. The van der Waals surface area contributed by atoms with Gasteiger partial charge in [0.15, 0.2) is 0 Å². The monoisotopic (exact) mass is 105 g/mol. The molecule has 0 N–H and O–H groups in total. The maximum absolute atomic E-state index is 12.2. The van der Waals surface area contributed by atoms with Gasteiger partial charge in [-0.1, -0.05) is 6.92 Å². The fraction of sp³-hybridized carbons (Fsp3) is 0.800. The summed E-state index contributed by atoms with van der Waals surface area (Å²) >= 11 is 0. The molecule has 0 spiro atoms. The number of hydrogen-bond donors (Lipinski definition) is 0. The van der Waals surface area contributed by atoms with Gasteiger partial charge in [0.05, 0.1) is 5.92 Å². The topological polar surface area (TPSA) is 0 Å². The molecule has 0 aromatic heterocycles. The van der Waals surface area contributed by atoms with Crippen LogP contribution in [0.15, 0.2) is 0 Å². The van der Waals surface area contributed by atoms with Gasteiger partial charge in [-0.25, -0.2) is 8.78 Å². The van der Waals surface area contributed by atoms with Gasteiger partial charge in [-0.05, 0) is 6.92 Å². The van der Waals surface area contributed by atoms with E-state index in [0.29, 0.717) is 5.92 Å². The van der Waals surface area contributed by atoms with Crippen LogP contribution in [0.1, 0.15) is 13.8 Å². The van der Waals surface area contributed by atoms with E-state index in [1.807, 2.05) is 0 Å². The van der Waals surface area contributed by atoms with Gasteiger partial charge < -0.3 is 0 Å². The molecule has 1 fully saturated rings. The first-order valence-electron chi connectivity index (χ1n) is 2.23. The molecule has 7 heavy (non-hydrogen) atoms. The molecule has 1 radical (unpaired) electrons. The molecule has 41 valence electrons. The van der Waals surface area contributed by atoms with Crippen molar-refractivity contribution in [2.24, 2.45) is 0 Å². The van der Waals surface area contributed by atoms with Crippen molar-refractivity contribution >= 4 is 0 Å². The molecule has 0 bridgehead atoms. The van der Waals surface area contributed by atoms with Crippen LogP contribution >= 0.6 is 0 Å². The van der Waals surface area contributed by atoms with Crippen molar-refractivity contribution < 1.29 is 8.78 Å². The van der Waals surface area contributed by atoms with Crippen LogP contribution in [-0.2, 0) is 0 Å². The molecule has 2 heteroatoms. The standard InChI is InChI=1S/C5H7F2/c1-3-4(6)5(3,2)7/h4H,1-2H3. The predicted octanol–water partition coefficient (Wildman–Crippen LogP) is 1.66. The third-order valence-electron chi connectivity index (χ3n) is 1.54. The van der Waals surface area contributed by atoms with E-state index in [9.17, 15) is 8.78 Å². The van der Waals surface area contributed by atoms with E-state index in [1.165, 1.54) is 13.8 Å². The molecule has 2 unspecified atom stereocenters. The SMILES string of the molecule is C[C]1C(F)C1(C)F. The number of hydrogen-bond acceptors (Lipinski definition) is 0. The Bertz CT molecular complexity index is 78.1. The van der Waals surface area contributed by atoms with Crippen molar-refractivity contribution in [1.82, 2.24) is 0 Å². The van der Waals surface area contributed by atoms with Crippen LogP contribution < -0.4 is 0 Å². The van der Waals surface area contributed by atoms with Crippen LogP contribution in [0.25, 0.3) is 0 Å². The summed E-state index contributed by atoms with van der Waals surface area (Å²) < 4.78 is 24.0. The highest BCUT2D eigenvalue weighted by atomic mass is 19.2. The summed E-state index contributed by atoms with van der Waals surface area (Å²) in [5, 5.41) is 0.